The van der Waals surface area contributed by atoms with Crippen LogP contribution in [0.3, 0.4) is 0 Å². The maximum Gasteiger partial charge on any atom is 0.0474 e. The first-order valence-electron chi connectivity index (χ1n) is 6.25. The molecule has 3 heteroatoms. The summed E-state index contributed by atoms with van der Waals surface area (Å²) in [6.45, 7) is 5.39. The van der Waals surface area contributed by atoms with E-state index in [1.54, 1.807) is 0 Å². The summed E-state index contributed by atoms with van der Waals surface area (Å²) in [4.78, 5) is 2.28. The molecule has 1 aliphatic rings. The van der Waals surface area contributed by atoms with Gasteiger partial charge in [0.15, 0.2) is 0 Å². The van der Waals surface area contributed by atoms with Gasteiger partial charge in [-0.1, -0.05) is 24.6 Å². The van der Waals surface area contributed by atoms with Crippen LogP contribution in [0, 0.1) is 11.8 Å². The van der Waals surface area contributed by atoms with E-state index < -0.39 is 0 Å². The summed E-state index contributed by atoms with van der Waals surface area (Å²) in [6, 6.07) is 6.16. The second-order valence-electron chi connectivity index (χ2n) is 5.35. The Hall–Kier alpha value is -0.730. The maximum atomic E-state index is 6.24. The molecule has 17 heavy (non-hydrogen) atoms. The van der Waals surface area contributed by atoms with Gasteiger partial charge in [0.1, 0.15) is 0 Å². The van der Waals surface area contributed by atoms with Crippen LogP contribution >= 0.6 is 11.6 Å². The van der Waals surface area contributed by atoms with Crippen molar-refractivity contribution in [1.29, 1.82) is 0 Å². The van der Waals surface area contributed by atoms with Crippen molar-refractivity contribution in [2.24, 2.45) is 17.6 Å². The monoisotopic (exact) mass is 252 g/mol. The summed E-state index contributed by atoms with van der Waals surface area (Å²) in [6.07, 6.45) is 1.36. The van der Waals surface area contributed by atoms with E-state index in [0.717, 1.165) is 29.0 Å². The molecule has 0 amide bonds. The predicted molar refractivity (Wildman–Crippen MR) is 74.6 cm³/mol. The van der Waals surface area contributed by atoms with Gasteiger partial charge in [-0.3, -0.25) is 0 Å². The SMILES string of the molecule is CC(N)c1ccc(N(C)CC2CC2C)cc1Cl. The van der Waals surface area contributed by atoms with Gasteiger partial charge in [-0.2, -0.15) is 0 Å². The molecule has 2 N–H and O–H groups in total. The lowest BCUT2D eigenvalue weighted by molar-refractivity contribution is 0.725. The Morgan fingerprint density at radius 1 is 1.53 bits per heavy atom. The Bertz CT molecular complexity index is 403. The second kappa shape index (κ2) is 4.87. The Morgan fingerprint density at radius 2 is 2.18 bits per heavy atom. The van der Waals surface area contributed by atoms with Crippen molar-refractivity contribution in [2.45, 2.75) is 26.3 Å². The first kappa shape index (κ1) is 12.7. The van der Waals surface area contributed by atoms with Gasteiger partial charge >= 0.3 is 0 Å². The number of nitrogens with zero attached hydrogens (tertiary/aromatic N) is 1. The van der Waals surface area contributed by atoms with Gasteiger partial charge in [0.2, 0.25) is 0 Å². The molecule has 2 nitrogen and oxygen atoms in total. The van der Waals surface area contributed by atoms with Crippen LogP contribution in [-0.2, 0) is 0 Å². The van der Waals surface area contributed by atoms with Crippen LogP contribution in [-0.4, -0.2) is 13.6 Å². The summed E-state index contributed by atoms with van der Waals surface area (Å²) >= 11 is 6.24. The van der Waals surface area contributed by atoms with Crippen LogP contribution in [0.15, 0.2) is 18.2 Å². The molecule has 0 aliphatic heterocycles. The standard InChI is InChI=1S/C14H21ClN2/c1-9-6-11(9)8-17(3)12-4-5-13(10(2)16)14(15)7-12/h4-5,7,9-11H,6,8,16H2,1-3H3. The first-order valence-corrected chi connectivity index (χ1v) is 6.63. The third-order valence-corrected chi connectivity index (χ3v) is 4.03. The van der Waals surface area contributed by atoms with Crippen LogP contribution < -0.4 is 10.6 Å². The topological polar surface area (TPSA) is 29.3 Å². The van der Waals surface area contributed by atoms with Crippen LogP contribution in [0.1, 0.15) is 31.9 Å². The van der Waals surface area contributed by atoms with E-state index in [9.17, 15) is 0 Å². The molecule has 3 atom stereocenters. The van der Waals surface area contributed by atoms with Gasteiger partial charge in [-0.05, 0) is 42.9 Å². The zero-order valence-electron chi connectivity index (χ0n) is 10.8. The summed E-state index contributed by atoms with van der Waals surface area (Å²) in [5.41, 5.74) is 8.05. The molecule has 94 valence electrons. The molecule has 0 radical (unpaired) electrons. The average Bonchev–Trinajstić information content (AvgIpc) is 2.93. The van der Waals surface area contributed by atoms with Crippen molar-refractivity contribution in [1.82, 2.24) is 0 Å². The molecule has 1 aromatic rings. The lowest BCUT2D eigenvalue weighted by Gasteiger charge is -2.21. The van der Waals surface area contributed by atoms with Crippen molar-refractivity contribution < 1.29 is 0 Å². The van der Waals surface area contributed by atoms with Crippen LogP contribution in [0.25, 0.3) is 0 Å². The largest absolute Gasteiger partial charge is 0.374 e. The number of hydrogen-bond donors (Lipinski definition) is 1. The van der Waals surface area contributed by atoms with Gasteiger partial charge in [0, 0.05) is 30.3 Å². The molecule has 0 aromatic heterocycles. The lowest BCUT2D eigenvalue weighted by Crippen LogP contribution is -2.20. The third-order valence-electron chi connectivity index (χ3n) is 3.70. The van der Waals surface area contributed by atoms with E-state index >= 15 is 0 Å². The van der Waals surface area contributed by atoms with Crippen LogP contribution in [0.2, 0.25) is 5.02 Å². The highest BCUT2D eigenvalue weighted by Gasteiger charge is 2.33. The van der Waals surface area contributed by atoms with E-state index in [1.165, 1.54) is 12.1 Å². The molecule has 1 aromatic carbocycles. The first-order chi connectivity index (χ1) is 7.99. The Kier molecular flexibility index (Phi) is 3.64. The third kappa shape index (κ3) is 2.93. The molecule has 0 saturated heterocycles. The van der Waals surface area contributed by atoms with Gasteiger partial charge in [0.25, 0.3) is 0 Å². The minimum absolute atomic E-state index is 0.00897. The fourth-order valence-corrected chi connectivity index (χ4v) is 2.58. The van der Waals surface area contributed by atoms with Crippen molar-refractivity contribution >= 4 is 17.3 Å². The number of benzene rings is 1. The molecule has 1 fully saturated rings. The minimum atomic E-state index is -0.00897. The van der Waals surface area contributed by atoms with E-state index in [1.807, 2.05) is 19.1 Å². The number of halogens is 1. The minimum Gasteiger partial charge on any atom is -0.374 e. The van der Waals surface area contributed by atoms with Gasteiger partial charge < -0.3 is 10.6 Å². The lowest BCUT2D eigenvalue weighted by atomic mass is 10.1. The summed E-state index contributed by atoms with van der Waals surface area (Å²) in [5, 5.41) is 0.771. The highest BCUT2D eigenvalue weighted by Crippen LogP contribution is 2.39. The van der Waals surface area contributed by atoms with Crippen molar-refractivity contribution in [3.05, 3.63) is 28.8 Å². The molecular weight excluding hydrogens is 232 g/mol. The van der Waals surface area contributed by atoms with E-state index in [-0.39, 0.29) is 6.04 Å². The molecule has 2 rings (SSSR count). The second-order valence-corrected chi connectivity index (χ2v) is 5.76. The average molecular weight is 253 g/mol. The van der Waals surface area contributed by atoms with Gasteiger partial charge in [-0.15, -0.1) is 0 Å². The molecule has 1 saturated carbocycles. The number of nitrogens with two attached hydrogens (primary N) is 1. The Labute approximate surface area is 109 Å². The zero-order valence-corrected chi connectivity index (χ0v) is 11.5. The Morgan fingerprint density at radius 3 is 2.65 bits per heavy atom. The quantitative estimate of drug-likeness (QED) is 0.889. The summed E-state index contributed by atoms with van der Waals surface area (Å²) < 4.78 is 0. The van der Waals surface area contributed by atoms with E-state index in [4.69, 9.17) is 17.3 Å². The number of rotatable bonds is 4. The highest BCUT2D eigenvalue weighted by molar-refractivity contribution is 6.31. The molecule has 3 unspecified atom stereocenters. The summed E-state index contributed by atoms with van der Waals surface area (Å²) in [5.74, 6) is 1.74. The fraction of sp³-hybridized carbons (Fsp3) is 0.571. The molecule has 0 bridgehead atoms. The van der Waals surface area contributed by atoms with Crippen molar-refractivity contribution in [3.8, 4) is 0 Å². The smallest absolute Gasteiger partial charge is 0.0474 e. The molecule has 0 spiro atoms. The number of anilines is 1. The van der Waals surface area contributed by atoms with Crippen LogP contribution in [0.4, 0.5) is 5.69 Å². The maximum absolute atomic E-state index is 6.24. The van der Waals surface area contributed by atoms with E-state index in [2.05, 4.69) is 24.9 Å². The summed E-state index contributed by atoms with van der Waals surface area (Å²) in [7, 11) is 2.13. The Balaban J connectivity index is 2.08. The molecule has 1 aliphatic carbocycles. The normalized spacial score (nSPS) is 24.5. The molecular formula is C14H21ClN2. The predicted octanol–water partition coefficient (Wildman–Crippen LogP) is 3.45. The van der Waals surface area contributed by atoms with Crippen molar-refractivity contribution in [3.63, 3.8) is 0 Å². The van der Waals surface area contributed by atoms with Crippen molar-refractivity contribution in [2.75, 3.05) is 18.5 Å². The zero-order chi connectivity index (χ0) is 12.6. The van der Waals surface area contributed by atoms with Gasteiger partial charge in [-0.25, -0.2) is 0 Å². The highest BCUT2D eigenvalue weighted by atomic mass is 35.5. The molecule has 0 heterocycles. The van der Waals surface area contributed by atoms with E-state index in [0.29, 0.717) is 0 Å². The number of hydrogen-bond acceptors (Lipinski definition) is 2. The van der Waals surface area contributed by atoms with Crippen LogP contribution in [0.5, 0.6) is 0 Å². The fourth-order valence-electron chi connectivity index (χ4n) is 2.23. The van der Waals surface area contributed by atoms with Gasteiger partial charge in [0.05, 0.1) is 0 Å².